The molecule has 1 saturated carbocycles. The molecule has 1 fully saturated rings. The summed E-state index contributed by atoms with van der Waals surface area (Å²) in [5.41, 5.74) is 2.00. The summed E-state index contributed by atoms with van der Waals surface area (Å²) in [5.74, 6) is 0. The molecule has 1 aliphatic carbocycles. The fraction of sp³-hybridized carbons (Fsp3) is 0.429. The molecular weight excluding hydrogens is 214 g/mol. The quantitative estimate of drug-likeness (QED) is 0.852. The van der Waals surface area contributed by atoms with Gasteiger partial charge in [-0.2, -0.15) is 0 Å². The first kappa shape index (κ1) is 10.3. The minimum Gasteiger partial charge on any atom is -0.319 e. The number of benzene rings is 1. The third kappa shape index (κ3) is 1.40. The van der Waals surface area contributed by atoms with E-state index in [0.29, 0.717) is 5.41 Å². The van der Waals surface area contributed by atoms with E-state index in [2.05, 4.69) is 42.0 Å². The predicted octanol–water partition coefficient (Wildman–Crippen LogP) is 3.54. The Morgan fingerprint density at radius 3 is 2.81 bits per heavy atom. The second kappa shape index (κ2) is 3.86. The van der Waals surface area contributed by atoms with Crippen molar-refractivity contribution in [3.63, 3.8) is 0 Å². The van der Waals surface area contributed by atoms with Crippen molar-refractivity contribution < 1.29 is 0 Å². The maximum absolute atomic E-state index is 3.37. The molecule has 2 aromatic rings. The summed E-state index contributed by atoms with van der Waals surface area (Å²) in [6.45, 7) is 1.12. The molecule has 16 heavy (non-hydrogen) atoms. The van der Waals surface area contributed by atoms with E-state index in [0.717, 1.165) is 6.54 Å². The van der Waals surface area contributed by atoms with E-state index < -0.39 is 0 Å². The fourth-order valence-corrected chi connectivity index (χ4v) is 3.96. The number of thiophene rings is 1. The van der Waals surface area contributed by atoms with Gasteiger partial charge in [-0.1, -0.05) is 24.6 Å². The van der Waals surface area contributed by atoms with E-state index in [1.807, 2.05) is 11.3 Å². The summed E-state index contributed by atoms with van der Waals surface area (Å²) in [6.07, 6.45) is 4.06. The Kier molecular flexibility index (Phi) is 2.49. The highest BCUT2D eigenvalue weighted by Crippen LogP contribution is 2.47. The smallest absolute Gasteiger partial charge is 0.0345 e. The van der Waals surface area contributed by atoms with Crippen molar-refractivity contribution in [3.8, 4) is 0 Å². The molecule has 1 aromatic heterocycles. The van der Waals surface area contributed by atoms with Crippen molar-refractivity contribution in [2.75, 3.05) is 13.6 Å². The van der Waals surface area contributed by atoms with Gasteiger partial charge in [-0.25, -0.2) is 0 Å². The normalized spacial score (nSPS) is 18.6. The Morgan fingerprint density at radius 2 is 2.12 bits per heavy atom. The number of nitrogens with one attached hydrogen (secondary N) is 1. The summed E-state index contributed by atoms with van der Waals surface area (Å²) in [7, 11) is 2.06. The van der Waals surface area contributed by atoms with Gasteiger partial charge in [0, 0.05) is 16.7 Å². The highest BCUT2D eigenvalue weighted by Gasteiger charge is 2.39. The summed E-state index contributed by atoms with van der Waals surface area (Å²) in [6, 6.07) is 8.80. The number of fused-ring (bicyclic) bond motifs is 1. The van der Waals surface area contributed by atoms with Crippen LogP contribution in [0.4, 0.5) is 0 Å². The van der Waals surface area contributed by atoms with Crippen LogP contribution in [0.5, 0.6) is 0 Å². The molecule has 3 rings (SSSR count). The van der Waals surface area contributed by atoms with Crippen LogP contribution < -0.4 is 5.32 Å². The average molecular weight is 231 g/mol. The van der Waals surface area contributed by atoms with E-state index in [-0.39, 0.29) is 0 Å². The van der Waals surface area contributed by atoms with E-state index in [4.69, 9.17) is 0 Å². The highest BCUT2D eigenvalue weighted by molar-refractivity contribution is 7.17. The molecule has 1 heterocycles. The summed E-state index contributed by atoms with van der Waals surface area (Å²) < 4.78 is 1.43. The van der Waals surface area contributed by atoms with Crippen molar-refractivity contribution in [1.29, 1.82) is 0 Å². The molecule has 2 heteroatoms. The standard InChI is InChI=1S/C14H17NS/c1-15-10-14(7-4-8-14)12-9-16-13-6-3-2-5-11(12)13/h2-3,5-6,9,15H,4,7-8,10H2,1H3. The van der Waals surface area contributed by atoms with Gasteiger partial charge in [-0.05, 0) is 42.3 Å². The minimum atomic E-state index is 0.425. The zero-order chi connectivity index (χ0) is 11.0. The first-order valence-electron chi connectivity index (χ1n) is 5.97. The molecule has 0 spiro atoms. The minimum absolute atomic E-state index is 0.425. The molecule has 1 aliphatic rings. The molecule has 1 N–H and O–H groups in total. The lowest BCUT2D eigenvalue weighted by molar-refractivity contribution is 0.241. The van der Waals surface area contributed by atoms with Crippen molar-refractivity contribution in [3.05, 3.63) is 35.2 Å². The van der Waals surface area contributed by atoms with Gasteiger partial charge >= 0.3 is 0 Å². The molecular formula is C14H17NS. The van der Waals surface area contributed by atoms with E-state index in [9.17, 15) is 0 Å². The predicted molar refractivity (Wildman–Crippen MR) is 71.3 cm³/mol. The second-order valence-electron chi connectivity index (χ2n) is 4.81. The topological polar surface area (TPSA) is 12.0 Å². The fourth-order valence-electron chi connectivity index (χ4n) is 2.87. The molecule has 0 saturated heterocycles. The summed E-state index contributed by atoms with van der Waals surface area (Å²) in [5, 5.41) is 7.22. The number of hydrogen-bond donors (Lipinski definition) is 1. The Hall–Kier alpha value is -0.860. The monoisotopic (exact) mass is 231 g/mol. The van der Waals surface area contributed by atoms with Gasteiger partial charge in [0.15, 0.2) is 0 Å². The number of likely N-dealkylation sites (N-methyl/N-ethyl adjacent to an activating group) is 1. The van der Waals surface area contributed by atoms with E-state index in [1.165, 1.54) is 29.3 Å². The van der Waals surface area contributed by atoms with Crippen molar-refractivity contribution in [2.45, 2.75) is 24.7 Å². The third-order valence-corrected chi connectivity index (χ3v) is 4.84. The van der Waals surface area contributed by atoms with Crippen molar-refractivity contribution in [1.82, 2.24) is 5.32 Å². The Balaban J connectivity index is 2.10. The lowest BCUT2D eigenvalue weighted by Crippen LogP contribution is -2.42. The van der Waals surface area contributed by atoms with Crippen LogP contribution in [0.25, 0.3) is 10.1 Å². The molecule has 0 aliphatic heterocycles. The molecule has 1 nitrogen and oxygen atoms in total. The second-order valence-corrected chi connectivity index (χ2v) is 5.72. The average Bonchev–Trinajstić information content (AvgIpc) is 2.68. The molecule has 84 valence electrons. The van der Waals surface area contributed by atoms with Gasteiger partial charge in [-0.3, -0.25) is 0 Å². The van der Waals surface area contributed by atoms with Gasteiger partial charge < -0.3 is 5.32 Å². The maximum Gasteiger partial charge on any atom is 0.0345 e. The lowest BCUT2D eigenvalue weighted by Gasteiger charge is -2.42. The van der Waals surface area contributed by atoms with Crippen LogP contribution in [0.1, 0.15) is 24.8 Å². The van der Waals surface area contributed by atoms with Crippen molar-refractivity contribution >= 4 is 21.4 Å². The zero-order valence-electron chi connectivity index (χ0n) is 9.62. The molecule has 0 radical (unpaired) electrons. The van der Waals surface area contributed by atoms with Gasteiger partial charge in [0.05, 0.1) is 0 Å². The maximum atomic E-state index is 3.37. The molecule has 0 atom stereocenters. The number of hydrogen-bond acceptors (Lipinski definition) is 2. The van der Waals surface area contributed by atoms with Crippen LogP contribution in [-0.4, -0.2) is 13.6 Å². The van der Waals surface area contributed by atoms with E-state index >= 15 is 0 Å². The van der Waals surface area contributed by atoms with Crippen LogP contribution in [-0.2, 0) is 5.41 Å². The molecule has 0 amide bonds. The van der Waals surface area contributed by atoms with Crippen LogP contribution in [0, 0.1) is 0 Å². The van der Waals surface area contributed by atoms with E-state index in [1.54, 1.807) is 5.56 Å². The Bertz CT molecular complexity index is 496. The number of rotatable bonds is 3. The third-order valence-electron chi connectivity index (χ3n) is 3.88. The molecule has 0 bridgehead atoms. The van der Waals surface area contributed by atoms with Gasteiger partial charge in [0.2, 0.25) is 0 Å². The lowest BCUT2D eigenvalue weighted by atomic mass is 9.64. The zero-order valence-corrected chi connectivity index (χ0v) is 10.4. The first-order chi connectivity index (χ1) is 7.86. The van der Waals surface area contributed by atoms with Crippen molar-refractivity contribution in [2.24, 2.45) is 0 Å². The molecule has 1 aromatic carbocycles. The highest BCUT2D eigenvalue weighted by atomic mass is 32.1. The SMILES string of the molecule is CNCC1(c2csc3ccccc23)CCC1. The summed E-state index contributed by atoms with van der Waals surface area (Å²) >= 11 is 1.89. The largest absolute Gasteiger partial charge is 0.319 e. The Labute approximate surface area is 100 Å². The van der Waals surface area contributed by atoms with Crippen LogP contribution in [0.15, 0.2) is 29.6 Å². The Morgan fingerprint density at radius 1 is 1.31 bits per heavy atom. The van der Waals surface area contributed by atoms with Gasteiger partial charge in [0.1, 0.15) is 0 Å². The van der Waals surface area contributed by atoms with Crippen LogP contribution in [0.2, 0.25) is 0 Å². The summed E-state index contributed by atoms with van der Waals surface area (Å²) in [4.78, 5) is 0. The van der Waals surface area contributed by atoms with Gasteiger partial charge in [0.25, 0.3) is 0 Å². The van der Waals surface area contributed by atoms with Crippen LogP contribution in [0.3, 0.4) is 0 Å². The first-order valence-corrected chi connectivity index (χ1v) is 6.85. The van der Waals surface area contributed by atoms with Gasteiger partial charge in [-0.15, -0.1) is 11.3 Å². The molecule has 0 unspecified atom stereocenters. The van der Waals surface area contributed by atoms with Crippen LogP contribution >= 0.6 is 11.3 Å².